The summed E-state index contributed by atoms with van der Waals surface area (Å²) in [5.74, 6) is 1.10. The van der Waals surface area contributed by atoms with Crippen molar-refractivity contribution in [3.63, 3.8) is 0 Å². The van der Waals surface area contributed by atoms with Crippen molar-refractivity contribution in [3.8, 4) is 0 Å². The largest absolute Gasteiger partial charge is 0.341 e. The first kappa shape index (κ1) is 11.7. The zero-order valence-corrected chi connectivity index (χ0v) is 11.4. The highest BCUT2D eigenvalue weighted by Crippen LogP contribution is 2.30. The Bertz CT molecular complexity index is 557. The van der Waals surface area contributed by atoms with E-state index < -0.39 is 0 Å². The van der Waals surface area contributed by atoms with Gasteiger partial charge < -0.3 is 10.3 Å². The van der Waals surface area contributed by atoms with Crippen molar-refractivity contribution in [3.05, 3.63) is 29.6 Å². The van der Waals surface area contributed by atoms with Crippen molar-refractivity contribution >= 4 is 11.0 Å². The predicted octanol–water partition coefficient (Wildman–Crippen LogP) is 3.28. The van der Waals surface area contributed by atoms with Crippen LogP contribution in [0, 0.1) is 0 Å². The van der Waals surface area contributed by atoms with Gasteiger partial charge in [0.15, 0.2) is 0 Å². The molecule has 1 fully saturated rings. The third kappa shape index (κ3) is 1.93. The van der Waals surface area contributed by atoms with E-state index >= 15 is 0 Å². The Hall–Kier alpha value is -1.35. The molecule has 3 nitrogen and oxygen atoms in total. The maximum atomic E-state index is 4.84. The van der Waals surface area contributed by atoms with E-state index in [2.05, 4.69) is 49.3 Å². The highest BCUT2D eigenvalue weighted by molar-refractivity contribution is 5.80. The zero-order chi connectivity index (χ0) is 12.8. The number of nitrogens with zero attached hydrogens (tertiary/aromatic N) is 1. The number of nitrogens with one attached hydrogen (secondary N) is 2. The lowest BCUT2D eigenvalue weighted by atomic mass is 9.86. The normalized spacial score (nSPS) is 20.7. The van der Waals surface area contributed by atoms with Gasteiger partial charge >= 0.3 is 0 Å². The molecule has 96 valence electrons. The Morgan fingerprint density at radius 1 is 1.28 bits per heavy atom. The Labute approximate surface area is 108 Å². The molecule has 0 spiro atoms. The lowest BCUT2D eigenvalue weighted by molar-refractivity contribution is 0.593. The van der Waals surface area contributed by atoms with Crippen LogP contribution < -0.4 is 5.32 Å². The number of aromatic nitrogens is 2. The number of imidazole rings is 1. The van der Waals surface area contributed by atoms with Gasteiger partial charge in [0.05, 0.1) is 17.1 Å². The lowest BCUT2D eigenvalue weighted by Gasteiger charge is -2.19. The monoisotopic (exact) mass is 243 g/mol. The molecule has 3 rings (SSSR count). The number of benzene rings is 1. The van der Waals surface area contributed by atoms with E-state index in [0.29, 0.717) is 6.04 Å². The second kappa shape index (κ2) is 4.09. The summed E-state index contributed by atoms with van der Waals surface area (Å²) in [6, 6.07) is 6.84. The van der Waals surface area contributed by atoms with Gasteiger partial charge in [-0.05, 0) is 36.4 Å². The second-order valence-electron chi connectivity index (χ2n) is 6.22. The predicted molar refractivity (Wildman–Crippen MR) is 74.8 cm³/mol. The fraction of sp³-hybridized carbons (Fsp3) is 0.533. The molecule has 1 unspecified atom stereocenters. The molecular formula is C15H21N3. The molecule has 0 bridgehead atoms. The van der Waals surface area contributed by atoms with Crippen LogP contribution in [0.25, 0.3) is 11.0 Å². The topological polar surface area (TPSA) is 40.7 Å². The quantitative estimate of drug-likeness (QED) is 0.807. The van der Waals surface area contributed by atoms with Crippen molar-refractivity contribution in [2.24, 2.45) is 0 Å². The molecular weight excluding hydrogens is 222 g/mol. The van der Waals surface area contributed by atoms with Crippen molar-refractivity contribution in [1.82, 2.24) is 15.3 Å². The number of hydrogen-bond donors (Lipinski definition) is 2. The Balaban J connectivity index is 2.11. The van der Waals surface area contributed by atoms with Crippen LogP contribution >= 0.6 is 0 Å². The molecule has 2 aromatic rings. The summed E-state index contributed by atoms with van der Waals surface area (Å²) in [5, 5.41) is 3.50. The average molecular weight is 243 g/mol. The maximum Gasteiger partial charge on any atom is 0.124 e. The first-order chi connectivity index (χ1) is 8.55. The summed E-state index contributed by atoms with van der Waals surface area (Å²) in [5.41, 5.74) is 3.75. The molecule has 18 heavy (non-hydrogen) atoms. The Morgan fingerprint density at radius 3 is 2.78 bits per heavy atom. The van der Waals surface area contributed by atoms with Crippen LogP contribution in [-0.2, 0) is 5.41 Å². The minimum atomic E-state index is 0.134. The number of fused-ring (bicyclic) bond motifs is 1. The van der Waals surface area contributed by atoms with Crippen molar-refractivity contribution in [1.29, 1.82) is 0 Å². The van der Waals surface area contributed by atoms with E-state index in [9.17, 15) is 0 Å². The number of aromatic amines is 1. The number of H-pyrrole nitrogens is 1. The van der Waals surface area contributed by atoms with Crippen molar-refractivity contribution in [2.45, 2.75) is 45.1 Å². The highest BCUT2D eigenvalue weighted by Gasteiger charge is 2.23. The van der Waals surface area contributed by atoms with Crippen LogP contribution in [0.3, 0.4) is 0 Å². The number of hydrogen-bond acceptors (Lipinski definition) is 2. The van der Waals surface area contributed by atoms with Gasteiger partial charge in [-0.15, -0.1) is 0 Å². The van der Waals surface area contributed by atoms with Crippen LogP contribution in [0.5, 0.6) is 0 Å². The second-order valence-corrected chi connectivity index (χ2v) is 6.22. The number of para-hydroxylation sites is 1. The fourth-order valence-corrected chi connectivity index (χ4v) is 2.74. The summed E-state index contributed by atoms with van der Waals surface area (Å²) < 4.78 is 0. The minimum absolute atomic E-state index is 0.134. The van der Waals surface area contributed by atoms with E-state index in [4.69, 9.17) is 4.98 Å². The SMILES string of the molecule is CC(C)(C)c1cccc2[nH]c(C3CCCN3)nc12. The zero-order valence-electron chi connectivity index (χ0n) is 11.4. The molecule has 1 aromatic heterocycles. The van der Waals surface area contributed by atoms with Crippen molar-refractivity contribution < 1.29 is 0 Å². The van der Waals surface area contributed by atoms with Crippen LogP contribution in [0.1, 0.15) is 51.0 Å². The molecule has 1 aromatic carbocycles. The molecule has 1 atom stereocenters. The number of rotatable bonds is 1. The smallest absolute Gasteiger partial charge is 0.124 e. The van der Waals surface area contributed by atoms with Gasteiger partial charge in [-0.1, -0.05) is 32.9 Å². The minimum Gasteiger partial charge on any atom is -0.341 e. The summed E-state index contributed by atoms with van der Waals surface area (Å²) in [4.78, 5) is 8.32. The van der Waals surface area contributed by atoms with Gasteiger partial charge in [0.25, 0.3) is 0 Å². The molecule has 1 aliphatic heterocycles. The molecule has 0 saturated carbocycles. The van der Waals surface area contributed by atoms with Crippen LogP contribution in [0.2, 0.25) is 0 Å². The lowest BCUT2D eigenvalue weighted by Crippen LogP contribution is -2.14. The standard InChI is InChI=1S/C15H21N3/c1-15(2,3)10-6-4-7-11-13(10)18-14(17-11)12-8-5-9-16-12/h4,6-7,12,16H,5,8-9H2,1-3H3,(H,17,18). The third-order valence-corrected chi connectivity index (χ3v) is 3.73. The van der Waals surface area contributed by atoms with Crippen LogP contribution in [0.4, 0.5) is 0 Å². The summed E-state index contributed by atoms with van der Waals surface area (Å²) in [7, 11) is 0. The average Bonchev–Trinajstić information content (AvgIpc) is 2.95. The summed E-state index contributed by atoms with van der Waals surface area (Å²) in [6.45, 7) is 7.83. The van der Waals surface area contributed by atoms with Gasteiger partial charge in [0, 0.05) is 0 Å². The third-order valence-electron chi connectivity index (χ3n) is 3.73. The molecule has 2 heterocycles. The molecule has 0 radical (unpaired) electrons. The van der Waals surface area contributed by atoms with Gasteiger partial charge in [0.1, 0.15) is 5.82 Å². The summed E-state index contributed by atoms with van der Waals surface area (Å²) in [6.07, 6.45) is 2.43. The van der Waals surface area contributed by atoms with E-state index in [-0.39, 0.29) is 5.41 Å². The van der Waals surface area contributed by atoms with E-state index in [1.165, 1.54) is 18.4 Å². The van der Waals surface area contributed by atoms with E-state index in [0.717, 1.165) is 23.4 Å². The molecule has 1 aliphatic rings. The molecule has 0 amide bonds. The first-order valence-corrected chi connectivity index (χ1v) is 6.78. The van der Waals surface area contributed by atoms with Gasteiger partial charge in [0.2, 0.25) is 0 Å². The molecule has 2 N–H and O–H groups in total. The van der Waals surface area contributed by atoms with Gasteiger partial charge in [-0.25, -0.2) is 4.98 Å². The first-order valence-electron chi connectivity index (χ1n) is 6.78. The van der Waals surface area contributed by atoms with Crippen LogP contribution in [0.15, 0.2) is 18.2 Å². The Kier molecular flexibility index (Phi) is 2.67. The highest BCUT2D eigenvalue weighted by atomic mass is 15.0. The van der Waals surface area contributed by atoms with E-state index in [1.54, 1.807) is 0 Å². The molecule has 3 heteroatoms. The molecule has 1 saturated heterocycles. The molecule has 0 aliphatic carbocycles. The van der Waals surface area contributed by atoms with Crippen molar-refractivity contribution in [2.75, 3.05) is 6.54 Å². The fourth-order valence-electron chi connectivity index (χ4n) is 2.74. The van der Waals surface area contributed by atoms with Gasteiger partial charge in [-0.2, -0.15) is 0 Å². The Morgan fingerprint density at radius 2 is 2.11 bits per heavy atom. The van der Waals surface area contributed by atoms with Crippen LogP contribution in [-0.4, -0.2) is 16.5 Å². The van der Waals surface area contributed by atoms with Gasteiger partial charge in [-0.3, -0.25) is 0 Å². The van der Waals surface area contributed by atoms with E-state index in [1.807, 2.05) is 0 Å². The summed E-state index contributed by atoms with van der Waals surface area (Å²) >= 11 is 0. The maximum absolute atomic E-state index is 4.84.